The molecule has 2 amide bonds. The van der Waals surface area contributed by atoms with Crippen LogP contribution < -0.4 is 10.9 Å². The summed E-state index contributed by atoms with van der Waals surface area (Å²) < 4.78 is 0. The second-order valence-corrected chi connectivity index (χ2v) is 4.67. The number of carbonyl (C=O) groups is 2. The van der Waals surface area contributed by atoms with Crippen LogP contribution in [0.1, 0.15) is 16.8 Å². The first kappa shape index (κ1) is 13.9. The molecule has 6 heteroatoms. The van der Waals surface area contributed by atoms with Gasteiger partial charge in [0.15, 0.2) is 0 Å². The molecular weight excluding hydrogens is 260 g/mol. The Labute approximate surface area is 109 Å². The molecule has 0 aliphatic heterocycles. The summed E-state index contributed by atoms with van der Waals surface area (Å²) in [5, 5.41) is 0.561. The quantitative estimate of drug-likeness (QED) is 0.823. The second kappa shape index (κ2) is 7.19. The first-order valence-corrected chi connectivity index (χ1v) is 6.74. The molecule has 1 rings (SSSR count). The van der Waals surface area contributed by atoms with Gasteiger partial charge in [-0.25, -0.2) is 0 Å². The first-order valence-electron chi connectivity index (χ1n) is 4.97. The summed E-state index contributed by atoms with van der Waals surface area (Å²) in [5.74, 6) is 0.156. The molecule has 0 saturated heterocycles. The lowest BCUT2D eigenvalue weighted by Crippen LogP contribution is -2.41. The van der Waals surface area contributed by atoms with Crippen LogP contribution in [0.4, 0.5) is 0 Å². The van der Waals surface area contributed by atoms with Crippen molar-refractivity contribution >= 4 is 35.2 Å². The highest BCUT2D eigenvalue weighted by atomic mass is 35.5. The maximum atomic E-state index is 11.6. The van der Waals surface area contributed by atoms with E-state index >= 15 is 0 Å². The molecule has 2 N–H and O–H groups in total. The van der Waals surface area contributed by atoms with E-state index in [1.54, 1.807) is 36.0 Å². The fourth-order valence-electron chi connectivity index (χ4n) is 1.06. The lowest BCUT2D eigenvalue weighted by Gasteiger charge is -2.06. The molecule has 0 bridgehead atoms. The van der Waals surface area contributed by atoms with E-state index in [4.69, 9.17) is 11.6 Å². The number of benzene rings is 1. The monoisotopic (exact) mass is 272 g/mol. The molecule has 4 nitrogen and oxygen atoms in total. The highest BCUT2D eigenvalue weighted by Gasteiger charge is 2.06. The number of hydrazine groups is 1. The number of amides is 2. The predicted octanol–water partition coefficient (Wildman–Crippen LogP) is 1.85. The number of halogens is 1. The van der Waals surface area contributed by atoms with Crippen molar-refractivity contribution in [2.24, 2.45) is 0 Å². The Morgan fingerprint density at radius 3 is 2.47 bits per heavy atom. The van der Waals surface area contributed by atoms with E-state index in [2.05, 4.69) is 10.9 Å². The van der Waals surface area contributed by atoms with Gasteiger partial charge in [0.25, 0.3) is 5.91 Å². The molecule has 17 heavy (non-hydrogen) atoms. The van der Waals surface area contributed by atoms with E-state index in [0.717, 1.165) is 5.75 Å². The molecule has 0 aliphatic carbocycles. The van der Waals surface area contributed by atoms with Crippen molar-refractivity contribution in [1.29, 1.82) is 0 Å². The van der Waals surface area contributed by atoms with E-state index in [1.807, 2.05) is 6.26 Å². The summed E-state index contributed by atoms with van der Waals surface area (Å²) >= 11 is 7.27. The summed E-state index contributed by atoms with van der Waals surface area (Å²) in [6.45, 7) is 0. The van der Waals surface area contributed by atoms with Crippen LogP contribution in [-0.2, 0) is 4.79 Å². The van der Waals surface area contributed by atoms with E-state index in [1.165, 1.54) is 0 Å². The molecule has 0 saturated carbocycles. The van der Waals surface area contributed by atoms with Crippen molar-refractivity contribution in [2.75, 3.05) is 12.0 Å². The van der Waals surface area contributed by atoms with Crippen LogP contribution in [0.3, 0.4) is 0 Å². The van der Waals surface area contributed by atoms with Gasteiger partial charge >= 0.3 is 0 Å². The summed E-state index contributed by atoms with van der Waals surface area (Å²) in [6.07, 6.45) is 2.29. The lowest BCUT2D eigenvalue weighted by molar-refractivity contribution is -0.121. The van der Waals surface area contributed by atoms with Crippen LogP contribution in [0.25, 0.3) is 0 Å². The third-order valence-electron chi connectivity index (χ3n) is 1.96. The average molecular weight is 273 g/mol. The van der Waals surface area contributed by atoms with Crippen LogP contribution in [0.2, 0.25) is 5.02 Å². The molecule has 0 radical (unpaired) electrons. The standard InChI is InChI=1S/C11H13ClN2O2S/c1-17-7-6-10(15)13-14-11(16)8-2-4-9(12)5-3-8/h2-5H,6-7H2,1H3,(H,13,15)(H,14,16). The summed E-state index contributed by atoms with van der Waals surface area (Å²) in [6, 6.07) is 6.41. The minimum Gasteiger partial charge on any atom is -0.273 e. The van der Waals surface area contributed by atoms with Crippen molar-refractivity contribution in [2.45, 2.75) is 6.42 Å². The first-order chi connectivity index (χ1) is 8.13. The fraction of sp³-hybridized carbons (Fsp3) is 0.273. The summed E-state index contributed by atoms with van der Waals surface area (Å²) in [5.41, 5.74) is 5.13. The van der Waals surface area contributed by atoms with E-state index in [9.17, 15) is 9.59 Å². The Kier molecular flexibility index (Phi) is 5.86. The molecule has 92 valence electrons. The zero-order valence-corrected chi connectivity index (χ0v) is 10.9. The third kappa shape index (κ3) is 5.10. The number of carbonyl (C=O) groups excluding carboxylic acids is 2. The molecule has 0 fully saturated rings. The SMILES string of the molecule is CSCCC(=O)NNC(=O)c1ccc(Cl)cc1. The Bertz CT molecular complexity index is 395. The molecule has 0 unspecified atom stereocenters. The number of rotatable bonds is 4. The van der Waals surface area contributed by atoms with Gasteiger partial charge in [-0.3, -0.25) is 20.4 Å². The Morgan fingerprint density at radius 1 is 1.24 bits per heavy atom. The van der Waals surface area contributed by atoms with Gasteiger partial charge in [-0.1, -0.05) is 11.6 Å². The number of nitrogens with one attached hydrogen (secondary N) is 2. The van der Waals surface area contributed by atoms with Crippen LogP contribution in [0.15, 0.2) is 24.3 Å². The van der Waals surface area contributed by atoms with Crippen LogP contribution in [0, 0.1) is 0 Å². The zero-order chi connectivity index (χ0) is 12.7. The van der Waals surface area contributed by atoms with Gasteiger partial charge < -0.3 is 0 Å². The van der Waals surface area contributed by atoms with Crippen LogP contribution >= 0.6 is 23.4 Å². The van der Waals surface area contributed by atoms with Crippen molar-refractivity contribution in [3.05, 3.63) is 34.9 Å². The average Bonchev–Trinajstić information content (AvgIpc) is 2.34. The van der Waals surface area contributed by atoms with Crippen molar-refractivity contribution in [1.82, 2.24) is 10.9 Å². The number of thioether (sulfide) groups is 1. The van der Waals surface area contributed by atoms with Crippen molar-refractivity contribution < 1.29 is 9.59 Å². The predicted molar refractivity (Wildman–Crippen MR) is 70.1 cm³/mol. The molecular formula is C11H13ClN2O2S. The van der Waals surface area contributed by atoms with Crippen molar-refractivity contribution in [3.8, 4) is 0 Å². The highest BCUT2D eigenvalue weighted by Crippen LogP contribution is 2.08. The molecule has 0 spiro atoms. The molecule has 1 aromatic carbocycles. The molecule has 0 aromatic heterocycles. The summed E-state index contributed by atoms with van der Waals surface area (Å²) in [7, 11) is 0. The van der Waals surface area contributed by atoms with Gasteiger partial charge in [-0.05, 0) is 30.5 Å². The molecule has 1 aromatic rings. The van der Waals surface area contributed by atoms with Gasteiger partial charge in [0.2, 0.25) is 5.91 Å². The second-order valence-electron chi connectivity index (χ2n) is 3.25. The van der Waals surface area contributed by atoms with E-state index in [0.29, 0.717) is 17.0 Å². The summed E-state index contributed by atoms with van der Waals surface area (Å²) in [4.78, 5) is 22.8. The number of hydrogen-bond donors (Lipinski definition) is 2. The maximum absolute atomic E-state index is 11.6. The van der Waals surface area contributed by atoms with E-state index in [-0.39, 0.29) is 11.8 Å². The molecule has 0 heterocycles. The highest BCUT2D eigenvalue weighted by molar-refractivity contribution is 7.98. The molecule has 0 atom stereocenters. The maximum Gasteiger partial charge on any atom is 0.269 e. The van der Waals surface area contributed by atoms with Crippen molar-refractivity contribution in [3.63, 3.8) is 0 Å². The Morgan fingerprint density at radius 2 is 1.88 bits per heavy atom. The largest absolute Gasteiger partial charge is 0.273 e. The van der Waals surface area contributed by atoms with Crippen LogP contribution in [-0.4, -0.2) is 23.8 Å². The van der Waals surface area contributed by atoms with E-state index < -0.39 is 0 Å². The van der Waals surface area contributed by atoms with Gasteiger partial charge in [0.05, 0.1) is 0 Å². The minimum atomic E-state index is -0.362. The van der Waals surface area contributed by atoms with Gasteiger partial charge in [0.1, 0.15) is 0 Å². The smallest absolute Gasteiger partial charge is 0.269 e. The molecule has 0 aliphatic rings. The fourth-order valence-corrected chi connectivity index (χ4v) is 1.57. The van der Waals surface area contributed by atoms with Gasteiger partial charge in [-0.15, -0.1) is 0 Å². The normalized spacial score (nSPS) is 9.76. The van der Waals surface area contributed by atoms with Gasteiger partial charge in [0, 0.05) is 22.8 Å². The topological polar surface area (TPSA) is 58.2 Å². The zero-order valence-electron chi connectivity index (χ0n) is 9.33. The van der Waals surface area contributed by atoms with Gasteiger partial charge in [-0.2, -0.15) is 11.8 Å². The lowest BCUT2D eigenvalue weighted by atomic mass is 10.2. The Hall–Kier alpha value is -1.20. The number of hydrogen-bond acceptors (Lipinski definition) is 3. The third-order valence-corrected chi connectivity index (χ3v) is 2.82. The van der Waals surface area contributed by atoms with Crippen LogP contribution in [0.5, 0.6) is 0 Å². The Balaban J connectivity index is 2.39. The minimum absolute atomic E-state index is 0.207.